The number of hydrogen-bond acceptors (Lipinski definition) is 4. The number of esters is 1. The van der Waals surface area contributed by atoms with E-state index in [9.17, 15) is 9.00 Å². The summed E-state index contributed by atoms with van der Waals surface area (Å²) in [6, 6.07) is 1.64. The minimum absolute atomic E-state index is 0.0908. The third kappa shape index (κ3) is 5.44. The molecule has 2 atom stereocenters. The Morgan fingerprint density at radius 1 is 1.38 bits per heavy atom. The SMILES string of the molecule is CCCCC(CC)COC(=O)CCS(=O)c1ccn2c(Cl)cnc2c1Cl. The highest BCUT2D eigenvalue weighted by Gasteiger charge is 2.17. The average molecular weight is 419 g/mol. The van der Waals surface area contributed by atoms with Gasteiger partial charge in [-0.15, -0.1) is 0 Å². The van der Waals surface area contributed by atoms with Crippen LogP contribution in [0, 0.1) is 5.92 Å². The lowest BCUT2D eigenvalue weighted by atomic mass is 10.0. The Hall–Kier alpha value is -1.11. The Labute approximate surface area is 166 Å². The standard InChI is InChI=1S/C18H24Cl2N2O3S/c1-3-5-6-13(4-2)12-25-16(23)8-10-26(24)14-7-9-22-15(19)11-21-18(22)17(14)20/h7,9,11,13H,3-6,8,10,12H2,1-2H3. The fraction of sp³-hybridized carbons (Fsp3) is 0.556. The Bertz CT molecular complexity index is 779. The zero-order chi connectivity index (χ0) is 19.1. The van der Waals surface area contributed by atoms with E-state index in [1.54, 1.807) is 16.7 Å². The van der Waals surface area contributed by atoms with Crippen LogP contribution in [-0.2, 0) is 20.3 Å². The van der Waals surface area contributed by atoms with E-state index in [-0.39, 0.29) is 23.2 Å². The van der Waals surface area contributed by atoms with E-state index in [4.69, 9.17) is 27.9 Å². The normalized spacial score (nSPS) is 13.7. The first kappa shape index (κ1) is 21.2. The summed E-state index contributed by atoms with van der Waals surface area (Å²) in [6.07, 6.45) is 7.57. The maximum Gasteiger partial charge on any atom is 0.306 e. The second-order valence-electron chi connectivity index (χ2n) is 6.17. The number of carbonyl (C=O) groups is 1. The van der Waals surface area contributed by atoms with E-state index in [2.05, 4.69) is 18.8 Å². The monoisotopic (exact) mass is 418 g/mol. The minimum Gasteiger partial charge on any atom is -0.465 e. The summed E-state index contributed by atoms with van der Waals surface area (Å²) in [7, 11) is -1.41. The third-order valence-electron chi connectivity index (χ3n) is 4.30. The van der Waals surface area contributed by atoms with Crippen molar-refractivity contribution in [3.8, 4) is 0 Å². The van der Waals surface area contributed by atoms with Gasteiger partial charge in [-0.25, -0.2) is 4.98 Å². The quantitative estimate of drug-likeness (QED) is 0.514. The molecule has 144 valence electrons. The van der Waals surface area contributed by atoms with Crippen molar-refractivity contribution >= 4 is 45.6 Å². The average Bonchev–Trinajstić information content (AvgIpc) is 3.02. The maximum atomic E-state index is 12.5. The first-order valence-corrected chi connectivity index (χ1v) is 10.9. The molecule has 2 rings (SSSR count). The van der Waals surface area contributed by atoms with Crippen molar-refractivity contribution in [3.05, 3.63) is 28.6 Å². The van der Waals surface area contributed by atoms with Crippen molar-refractivity contribution in [3.63, 3.8) is 0 Å². The Morgan fingerprint density at radius 2 is 2.15 bits per heavy atom. The van der Waals surface area contributed by atoms with Gasteiger partial charge in [0.05, 0.1) is 39.9 Å². The van der Waals surface area contributed by atoms with Crippen molar-refractivity contribution in [2.45, 2.75) is 50.8 Å². The first-order chi connectivity index (χ1) is 12.5. The summed E-state index contributed by atoms with van der Waals surface area (Å²) in [5.74, 6) is 0.232. The topological polar surface area (TPSA) is 60.7 Å². The fourth-order valence-electron chi connectivity index (χ4n) is 2.61. The van der Waals surface area contributed by atoms with Gasteiger partial charge in [0.15, 0.2) is 5.65 Å². The van der Waals surface area contributed by atoms with Crippen LogP contribution >= 0.6 is 23.2 Å². The van der Waals surface area contributed by atoms with Gasteiger partial charge in [-0.1, -0.05) is 56.3 Å². The zero-order valence-electron chi connectivity index (χ0n) is 15.0. The van der Waals surface area contributed by atoms with Crippen molar-refractivity contribution in [1.82, 2.24) is 9.38 Å². The van der Waals surface area contributed by atoms with Gasteiger partial charge in [0, 0.05) is 11.9 Å². The molecule has 0 aliphatic heterocycles. The van der Waals surface area contributed by atoms with Gasteiger partial charge in [0.25, 0.3) is 0 Å². The Kier molecular flexibility index (Phi) is 8.38. The van der Waals surface area contributed by atoms with Crippen LogP contribution in [0.15, 0.2) is 23.4 Å². The van der Waals surface area contributed by atoms with E-state index >= 15 is 0 Å². The molecule has 0 amide bonds. The summed E-state index contributed by atoms with van der Waals surface area (Å²) in [4.78, 5) is 16.5. The highest BCUT2D eigenvalue weighted by Crippen LogP contribution is 2.27. The highest BCUT2D eigenvalue weighted by atomic mass is 35.5. The van der Waals surface area contributed by atoms with Crippen LogP contribution < -0.4 is 0 Å². The summed E-state index contributed by atoms with van der Waals surface area (Å²) in [6.45, 7) is 4.68. The van der Waals surface area contributed by atoms with E-state index < -0.39 is 10.8 Å². The lowest BCUT2D eigenvalue weighted by Crippen LogP contribution is -2.15. The molecule has 5 nitrogen and oxygen atoms in total. The number of carbonyl (C=O) groups excluding carboxylic acids is 1. The van der Waals surface area contributed by atoms with Gasteiger partial charge in [-0.3, -0.25) is 13.4 Å². The predicted octanol–water partition coefficient (Wildman–Crippen LogP) is 4.90. The molecule has 2 unspecified atom stereocenters. The van der Waals surface area contributed by atoms with Gasteiger partial charge < -0.3 is 4.74 Å². The summed E-state index contributed by atoms with van der Waals surface area (Å²) >= 11 is 12.3. The van der Waals surface area contributed by atoms with Crippen LogP contribution in [0.25, 0.3) is 5.65 Å². The molecule has 2 aromatic heterocycles. The number of hydrogen-bond donors (Lipinski definition) is 0. The van der Waals surface area contributed by atoms with Crippen LogP contribution in [-0.4, -0.2) is 31.9 Å². The molecular weight excluding hydrogens is 395 g/mol. The van der Waals surface area contributed by atoms with Crippen LogP contribution in [0.4, 0.5) is 0 Å². The van der Waals surface area contributed by atoms with Crippen molar-refractivity contribution in [2.75, 3.05) is 12.4 Å². The summed E-state index contributed by atoms with van der Waals surface area (Å²) in [5.41, 5.74) is 0.451. The molecule has 0 aliphatic rings. The number of pyridine rings is 1. The molecular formula is C18H24Cl2N2O3S. The fourth-order valence-corrected chi connectivity index (χ4v) is 4.33. The number of fused-ring (bicyclic) bond motifs is 1. The number of unbranched alkanes of at least 4 members (excludes halogenated alkanes) is 1. The highest BCUT2D eigenvalue weighted by molar-refractivity contribution is 7.85. The van der Waals surface area contributed by atoms with Gasteiger partial charge >= 0.3 is 5.97 Å². The lowest BCUT2D eigenvalue weighted by molar-refractivity contribution is -0.144. The second kappa shape index (κ2) is 10.3. The van der Waals surface area contributed by atoms with Crippen molar-refractivity contribution in [2.24, 2.45) is 5.92 Å². The number of imidazole rings is 1. The summed E-state index contributed by atoms with van der Waals surface area (Å²) < 4.78 is 19.5. The molecule has 0 radical (unpaired) electrons. The number of ether oxygens (including phenoxy) is 1. The van der Waals surface area contributed by atoms with Gasteiger partial charge in [0.1, 0.15) is 5.15 Å². The first-order valence-electron chi connectivity index (χ1n) is 8.82. The molecule has 2 heterocycles. The molecule has 0 saturated heterocycles. The number of halogens is 2. The smallest absolute Gasteiger partial charge is 0.306 e. The Balaban J connectivity index is 1.88. The van der Waals surface area contributed by atoms with E-state index in [1.807, 2.05) is 0 Å². The maximum absolute atomic E-state index is 12.5. The molecule has 0 saturated carbocycles. The molecule has 26 heavy (non-hydrogen) atoms. The molecule has 8 heteroatoms. The van der Waals surface area contributed by atoms with E-state index in [0.717, 1.165) is 25.7 Å². The summed E-state index contributed by atoms with van der Waals surface area (Å²) in [5, 5.41) is 0.716. The van der Waals surface area contributed by atoms with Crippen molar-refractivity contribution in [1.29, 1.82) is 0 Å². The molecule has 0 bridgehead atoms. The van der Waals surface area contributed by atoms with Crippen LogP contribution in [0.5, 0.6) is 0 Å². The van der Waals surface area contributed by atoms with Crippen LogP contribution in [0.2, 0.25) is 10.2 Å². The molecule has 0 aromatic carbocycles. The number of rotatable bonds is 10. The molecule has 0 spiro atoms. The largest absolute Gasteiger partial charge is 0.465 e. The van der Waals surface area contributed by atoms with E-state index in [0.29, 0.717) is 28.2 Å². The van der Waals surface area contributed by atoms with Crippen LogP contribution in [0.3, 0.4) is 0 Å². The molecule has 2 aromatic rings. The van der Waals surface area contributed by atoms with Gasteiger partial charge in [0.2, 0.25) is 0 Å². The molecule has 0 aliphatic carbocycles. The minimum atomic E-state index is -1.41. The van der Waals surface area contributed by atoms with E-state index in [1.165, 1.54) is 6.20 Å². The number of nitrogens with zero attached hydrogens (tertiary/aromatic N) is 2. The van der Waals surface area contributed by atoms with Crippen molar-refractivity contribution < 1.29 is 13.7 Å². The van der Waals surface area contributed by atoms with Crippen LogP contribution in [0.1, 0.15) is 46.0 Å². The lowest BCUT2D eigenvalue weighted by Gasteiger charge is -2.14. The number of aromatic nitrogens is 2. The van der Waals surface area contributed by atoms with Gasteiger partial charge in [-0.05, 0) is 18.4 Å². The molecule has 0 fully saturated rings. The zero-order valence-corrected chi connectivity index (χ0v) is 17.4. The predicted molar refractivity (Wildman–Crippen MR) is 105 cm³/mol. The molecule has 0 N–H and O–H groups in total. The second-order valence-corrected chi connectivity index (χ2v) is 8.47. The third-order valence-corrected chi connectivity index (χ3v) is 6.47. The Morgan fingerprint density at radius 3 is 2.85 bits per heavy atom. The van der Waals surface area contributed by atoms with Gasteiger partial charge in [-0.2, -0.15) is 0 Å².